The number of carbonyl (C=O) groups excluding carboxylic acids is 1. The molecule has 0 aliphatic carbocycles. The van der Waals surface area contributed by atoms with E-state index in [9.17, 15) is 9.90 Å². The van der Waals surface area contributed by atoms with Crippen molar-refractivity contribution in [3.63, 3.8) is 0 Å². The third-order valence-corrected chi connectivity index (χ3v) is 2.62. The van der Waals surface area contributed by atoms with Crippen LogP contribution in [0.2, 0.25) is 0 Å². The van der Waals surface area contributed by atoms with Gasteiger partial charge in [0.1, 0.15) is 5.60 Å². The SMILES string of the molecule is C[C@H](O)CC1CCCN1C(=O)OC(C)(C)C. The maximum atomic E-state index is 11.9. The number of amides is 1. The summed E-state index contributed by atoms with van der Waals surface area (Å²) in [6, 6.07) is 0.134. The molecule has 1 saturated heterocycles. The second-order valence-electron chi connectivity index (χ2n) is 5.55. The second kappa shape index (κ2) is 5.04. The van der Waals surface area contributed by atoms with Crippen LogP contribution >= 0.6 is 0 Å². The van der Waals surface area contributed by atoms with E-state index in [1.54, 1.807) is 11.8 Å². The average molecular weight is 229 g/mol. The summed E-state index contributed by atoms with van der Waals surface area (Å²) < 4.78 is 5.34. The van der Waals surface area contributed by atoms with E-state index in [1.165, 1.54) is 0 Å². The normalized spacial score (nSPS) is 23.3. The van der Waals surface area contributed by atoms with Gasteiger partial charge >= 0.3 is 6.09 Å². The Morgan fingerprint density at radius 2 is 2.19 bits per heavy atom. The molecule has 4 heteroatoms. The van der Waals surface area contributed by atoms with E-state index in [2.05, 4.69) is 0 Å². The summed E-state index contributed by atoms with van der Waals surface area (Å²) in [4.78, 5) is 13.6. The van der Waals surface area contributed by atoms with E-state index in [0.717, 1.165) is 19.4 Å². The van der Waals surface area contributed by atoms with Gasteiger partial charge in [-0.05, 0) is 47.0 Å². The van der Waals surface area contributed by atoms with Gasteiger partial charge in [-0.3, -0.25) is 0 Å². The van der Waals surface area contributed by atoms with E-state index in [0.29, 0.717) is 6.42 Å². The van der Waals surface area contributed by atoms with Crippen molar-refractivity contribution in [1.29, 1.82) is 0 Å². The zero-order valence-corrected chi connectivity index (χ0v) is 10.7. The lowest BCUT2D eigenvalue weighted by atomic mass is 10.1. The molecule has 0 aromatic carbocycles. The molecule has 0 saturated carbocycles. The van der Waals surface area contributed by atoms with Crippen LogP contribution in [0.1, 0.15) is 47.0 Å². The number of hydrogen-bond donors (Lipinski definition) is 1. The lowest BCUT2D eigenvalue weighted by Crippen LogP contribution is -2.40. The van der Waals surface area contributed by atoms with E-state index >= 15 is 0 Å². The zero-order chi connectivity index (χ0) is 12.3. The lowest BCUT2D eigenvalue weighted by Gasteiger charge is -2.29. The molecule has 4 nitrogen and oxygen atoms in total. The summed E-state index contributed by atoms with van der Waals surface area (Å²) >= 11 is 0. The minimum Gasteiger partial charge on any atom is -0.444 e. The quantitative estimate of drug-likeness (QED) is 0.789. The Hall–Kier alpha value is -0.770. The van der Waals surface area contributed by atoms with Crippen LogP contribution < -0.4 is 0 Å². The molecule has 94 valence electrons. The first-order chi connectivity index (χ1) is 7.29. The molecule has 0 spiro atoms. The fraction of sp³-hybridized carbons (Fsp3) is 0.917. The van der Waals surface area contributed by atoms with Crippen LogP contribution in [0, 0.1) is 0 Å². The van der Waals surface area contributed by atoms with Gasteiger partial charge in [0.25, 0.3) is 0 Å². The molecular formula is C12H23NO3. The fourth-order valence-corrected chi connectivity index (χ4v) is 2.04. The maximum absolute atomic E-state index is 11.9. The Morgan fingerprint density at radius 3 is 2.69 bits per heavy atom. The van der Waals surface area contributed by atoms with Gasteiger partial charge in [0, 0.05) is 12.6 Å². The number of hydrogen-bond acceptors (Lipinski definition) is 3. The molecule has 1 amide bonds. The van der Waals surface area contributed by atoms with Gasteiger partial charge in [0.15, 0.2) is 0 Å². The maximum Gasteiger partial charge on any atom is 0.410 e. The van der Waals surface area contributed by atoms with Gasteiger partial charge in [-0.15, -0.1) is 0 Å². The van der Waals surface area contributed by atoms with Crippen molar-refractivity contribution in [3.05, 3.63) is 0 Å². The van der Waals surface area contributed by atoms with Gasteiger partial charge in [-0.1, -0.05) is 0 Å². The lowest BCUT2D eigenvalue weighted by molar-refractivity contribution is 0.0187. The third-order valence-electron chi connectivity index (χ3n) is 2.62. The highest BCUT2D eigenvalue weighted by Gasteiger charge is 2.32. The summed E-state index contributed by atoms with van der Waals surface area (Å²) in [5.41, 5.74) is -0.449. The van der Waals surface area contributed by atoms with Crippen LogP contribution in [0.25, 0.3) is 0 Å². The summed E-state index contributed by atoms with van der Waals surface area (Å²) in [7, 11) is 0. The number of likely N-dealkylation sites (tertiary alicyclic amines) is 1. The molecule has 1 aliphatic heterocycles. The molecule has 1 rings (SSSR count). The molecule has 0 aromatic rings. The van der Waals surface area contributed by atoms with Crippen molar-refractivity contribution in [1.82, 2.24) is 4.90 Å². The standard InChI is InChI=1S/C12H23NO3/c1-9(14)8-10-6-5-7-13(10)11(15)16-12(2,3)4/h9-10,14H,5-8H2,1-4H3/t9-,10?/m0/s1. The predicted molar refractivity (Wildman–Crippen MR) is 62.3 cm³/mol. The van der Waals surface area contributed by atoms with E-state index in [4.69, 9.17) is 4.74 Å². The number of aliphatic hydroxyl groups excluding tert-OH is 1. The van der Waals surface area contributed by atoms with Gasteiger partial charge < -0.3 is 14.7 Å². The highest BCUT2D eigenvalue weighted by atomic mass is 16.6. The Bertz CT molecular complexity index is 245. The van der Waals surface area contributed by atoms with Crippen LogP contribution in [-0.4, -0.2) is 40.4 Å². The first kappa shape index (κ1) is 13.3. The van der Waals surface area contributed by atoms with E-state index in [-0.39, 0.29) is 18.2 Å². The summed E-state index contributed by atoms with van der Waals surface area (Å²) in [6.07, 6.45) is 1.98. The molecule has 0 bridgehead atoms. The minimum atomic E-state index is -0.449. The first-order valence-corrected chi connectivity index (χ1v) is 5.97. The Kier molecular flexibility index (Phi) is 4.19. The zero-order valence-electron chi connectivity index (χ0n) is 10.7. The van der Waals surface area contributed by atoms with Gasteiger partial charge in [-0.25, -0.2) is 4.79 Å². The van der Waals surface area contributed by atoms with Crippen molar-refractivity contribution in [2.24, 2.45) is 0 Å². The van der Waals surface area contributed by atoms with Crippen molar-refractivity contribution in [2.75, 3.05) is 6.54 Å². The average Bonchev–Trinajstić information content (AvgIpc) is 2.47. The number of rotatable bonds is 2. The van der Waals surface area contributed by atoms with E-state index in [1.807, 2.05) is 20.8 Å². The highest BCUT2D eigenvalue weighted by molar-refractivity contribution is 5.68. The largest absolute Gasteiger partial charge is 0.444 e. The van der Waals surface area contributed by atoms with Crippen molar-refractivity contribution < 1.29 is 14.6 Å². The molecule has 1 heterocycles. The fourth-order valence-electron chi connectivity index (χ4n) is 2.04. The van der Waals surface area contributed by atoms with Gasteiger partial charge in [0.05, 0.1) is 6.10 Å². The Labute approximate surface area is 97.6 Å². The summed E-state index contributed by atoms with van der Waals surface area (Å²) in [6.45, 7) is 8.10. The second-order valence-corrected chi connectivity index (χ2v) is 5.55. The molecule has 0 radical (unpaired) electrons. The number of aliphatic hydroxyl groups is 1. The predicted octanol–water partition coefficient (Wildman–Crippen LogP) is 2.16. The molecule has 1 unspecified atom stereocenters. The first-order valence-electron chi connectivity index (χ1n) is 5.97. The summed E-state index contributed by atoms with van der Waals surface area (Å²) in [5, 5.41) is 9.37. The van der Waals surface area contributed by atoms with Crippen LogP contribution in [0.15, 0.2) is 0 Å². The molecule has 1 N–H and O–H groups in total. The molecule has 16 heavy (non-hydrogen) atoms. The molecule has 1 fully saturated rings. The Morgan fingerprint density at radius 1 is 1.56 bits per heavy atom. The third kappa shape index (κ3) is 4.00. The topological polar surface area (TPSA) is 49.8 Å². The van der Waals surface area contributed by atoms with Gasteiger partial charge in [0.2, 0.25) is 0 Å². The van der Waals surface area contributed by atoms with Crippen LogP contribution in [0.5, 0.6) is 0 Å². The monoisotopic (exact) mass is 229 g/mol. The van der Waals surface area contributed by atoms with E-state index < -0.39 is 5.60 Å². The number of ether oxygens (including phenoxy) is 1. The smallest absolute Gasteiger partial charge is 0.410 e. The van der Waals surface area contributed by atoms with Crippen LogP contribution in [-0.2, 0) is 4.74 Å². The summed E-state index contributed by atoms with van der Waals surface area (Å²) in [5.74, 6) is 0. The molecule has 1 aliphatic rings. The molecule has 2 atom stereocenters. The van der Waals surface area contributed by atoms with Gasteiger partial charge in [-0.2, -0.15) is 0 Å². The Balaban J connectivity index is 2.54. The van der Waals surface area contributed by atoms with Crippen LogP contribution in [0.4, 0.5) is 4.79 Å². The highest BCUT2D eigenvalue weighted by Crippen LogP contribution is 2.23. The number of nitrogens with zero attached hydrogens (tertiary/aromatic N) is 1. The molecule has 0 aromatic heterocycles. The number of carbonyl (C=O) groups is 1. The van der Waals surface area contributed by atoms with Crippen molar-refractivity contribution in [2.45, 2.75) is 64.7 Å². The van der Waals surface area contributed by atoms with Crippen molar-refractivity contribution >= 4 is 6.09 Å². The molecular weight excluding hydrogens is 206 g/mol. The van der Waals surface area contributed by atoms with Crippen molar-refractivity contribution in [3.8, 4) is 0 Å². The van der Waals surface area contributed by atoms with Crippen LogP contribution in [0.3, 0.4) is 0 Å². The minimum absolute atomic E-state index is 0.134.